The Hall–Kier alpha value is -2.90. The van der Waals surface area contributed by atoms with E-state index in [1.807, 2.05) is 13.8 Å². The summed E-state index contributed by atoms with van der Waals surface area (Å²) in [4.78, 5) is 17.0. The van der Waals surface area contributed by atoms with Gasteiger partial charge in [-0.15, -0.1) is 0 Å². The van der Waals surface area contributed by atoms with Crippen molar-refractivity contribution in [2.45, 2.75) is 39.5 Å². The third-order valence-electron chi connectivity index (χ3n) is 4.23. The molecular weight excluding hydrogens is 357 g/mol. The number of alkyl halides is 3. The minimum Gasteiger partial charge on any atom is -0.348 e. The zero-order valence-corrected chi connectivity index (χ0v) is 15.1. The zero-order valence-electron chi connectivity index (χ0n) is 15.1. The summed E-state index contributed by atoms with van der Waals surface area (Å²) in [6.07, 6.45) is -2.71. The molecule has 2 aromatic heterocycles. The first-order valence-corrected chi connectivity index (χ1v) is 8.46. The third kappa shape index (κ3) is 3.94. The average Bonchev–Trinajstić information content (AvgIpc) is 3.01. The van der Waals surface area contributed by atoms with Crippen LogP contribution in [0, 0.1) is 6.92 Å². The van der Waals surface area contributed by atoms with E-state index in [9.17, 15) is 18.0 Å². The van der Waals surface area contributed by atoms with Crippen LogP contribution >= 0.6 is 0 Å². The molecule has 0 atom stereocenters. The first-order valence-electron chi connectivity index (χ1n) is 8.46. The van der Waals surface area contributed by atoms with Crippen LogP contribution in [0.4, 0.5) is 13.2 Å². The van der Waals surface area contributed by atoms with Gasteiger partial charge in [-0.2, -0.15) is 18.3 Å². The average molecular weight is 376 g/mol. The first-order chi connectivity index (χ1) is 12.7. The number of nitrogens with one attached hydrogen (secondary N) is 1. The van der Waals surface area contributed by atoms with E-state index in [0.717, 1.165) is 17.5 Å². The van der Waals surface area contributed by atoms with Gasteiger partial charge in [0.15, 0.2) is 5.65 Å². The maximum Gasteiger partial charge on any atom is 0.416 e. The van der Waals surface area contributed by atoms with Crippen LogP contribution in [0.2, 0.25) is 0 Å². The third-order valence-corrected chi connectivity index (χ3v) is 4.23. The summed E-state index contributed by atoms with van der Waals surface area (Å²) in [5, 5.41) is 7.77. The highest BCUT2D eigenvalue weighted by molar-refractivity contribution is 5.98. The van der Waals surface area contributed by atoms with Gasteiger partial charge in [0.2, 0.25) is 0 Å². The monoisotopic (exact) mass is 376 g/mol. The Morgan fingerprint density at radius 3 is 2.48 bits per heavy atom. The second kappa shape index (κ2) is 7.02. The summed E-state index contributed by atoms with van der Waals surface area (Å²) in [5.41, 5.74) is 1.55. The van der Waals surface area contributed by atoms with Crippen LogP contribution in [0.3, 0.4) is 0 Å². The van der Waals surface area contributed by atoms with Crippen molar-refractivity contribution < 1.29 is 18.0 Å². The van der Waals surface area contributed by atoms with E-state index in [1.165, 1.54) is 12.1 Å². The van der Waals surface area contributed by atoms with Crippen molar-refractivity contribution in [2.75, 3.05) is 0 Å². The van der Waals surface area contributed by atoms with Gasteiger partial charge in [-0.3, -0.25) is 4.79 Å². The molecule has 0 aliphatic heterocycles. The standard InChI is InChI=1S/C19H19F3N4O/c1-11(2)26-17-14(10-24-26)8-16(12(3)25-17)18(27)23-9-13-4-6-15(7-5-13)19(20,21)22/h4-8,10-11H,9H2,1-3H3,(H,23,27). The topological polar surface area (TPSA) is 59.8 Å². The van der Waals surface area contributed by atoms with Crippen LogP contribution in [-0.4, -0.2) is 20.7 Å². The Balaban J connectivity index is 1.75. The van der Waals surface area contributed by atoms with Gasteiger partial charge in [0.25, 0.3) is 5.91 Å². The lowest BCUT2D eigenvalue weighted by Gasteiger charge is -2.11. The Labute approximate surface area is 154 Å². The second-order valence-corrected chi connectivity index (χ2v) is 6.59. The number of aromatic nitrogens is 3. The Morgan fingerprint density at radius 2 is 1.89 bits per heavy atom. The van der Waals surface area contributed by atoms with Gasteiger partial charge in [0, 0.05) is 18.0 Å². The molecule has 0 aliphatic rings. The second-order valence-electron chi connectivity index (χ2n) is 6.59. The lowest BCUT2D eigenvalue weighted by atomic mass is 10.1. The molecule has 0 bridgehead atoms. The Kier molecular flexibility index (Phi) is 4.91. The van der Waals surface area contributed by atoms with Gasteiger partial charge in [0.1, 0.15) is 0 Å². The smallest absolute Gasteiger partial charge is 0.348 e. The maximum atomic E-state index is 12.6. The van der Waals surface area contributed by atoms with Crippen LogP contribution in [0.5, 0.6) is 0 Å². The van der Waals surface area contributed by atoms with Crippen molar-refractivity contribution >= 4 is 16.9 Å². The molecule has 0 saturated heterocycles. The van der Waals surface area contributed by atoms with Crippen molar-refractivity contribution in [1.29, 1.82) is 0 Å². The highest BCUT2D eigenvalue weighted by Crippen LogP contribution is 2.29. The van der Waals surface area contributed by atoms with Crippen molar-refractivity contribution in [1.82, 2.24) is 20.1 Å². The fourth-order valence-corrected chi connectivity index (χ4v) is 2.76. The molecule has 5 nitrogen and oxygen atoms in total. The molecule has 0 fully saturated rings. The van der Waals surface area contributed by atoms with Crippen molar-refractivity contribution in [2.24, 2.45) is 0 Å². The molecular formula is C19H19F3N4O. The van der Waals surface area contributed by atoms with Crippen molar-refractivity contribution in [3.05, 3.63) is 58.9 Å². The molecule has 2 heterocycles. The summed E-state index contributed by atoms with van der Waals surface area (Å²) in [6.45, 7) is 5.85. The zero-order chi connectivity index (χ0) is 19.8. The number of carbonyl (C=O) groups excluding carboxylic acids is 1. The van der Waals surface area contributed by atoms with E-state index in [2.05, 4.69) is 15.4 Å². The fraction of sp³-hybridized carbons (Fsp3) is 0.316. The van der Waals surface area contributed by atoms with Gasteiger partial charge in [-0.1, -0.05) is 12.1 Å². The van der Waals surface area contributed by atoms with E-state index < -0.39 is 11.7 Å². The normalized spacial score (nSPS) is 12.0. The van der Waals surface area contributed by atoms with Crippen LogP contribution < -0.4 is 5.32 Å². The predicted molar refractivity (Wildman–Crippen MR) is 95.3 cm³/mol. The van der Waals surface area contributed by atoms with E-state index >= 15 is 0 Å². The number of rotatable bonds is 4. The number of halogens is 3. The molecule has 27 heavy (non-hydrogen) atoms. The van der Waals surface area contributed by atoms with Crippen LogP contribution in [0.1, 0.15) is 47.1 Å². The fourth-order valence-electron chi connectivity index (χ4n) is 2.76. The quantitative estimate of drug-likeness (QED) is 0.740. The van der Waals surface area contributed by atoms with E-state index in [0.29, 0.717) is 22.5 Å². The van der Waals surface area contributed by atoms with E-state index in [4.69, 9.17) is 0 Å². The Bertz CT molecular complexity index is 975. The van der Waals surface area contributed by atoms with Crippen LogP contribution in [0.15, 0.2) is 36.5 Å². The minimum atomic E-state index is -4.37. The van der Waals surface area contributed by atoms with Gasteiger partial charge in [0.05, 0.1) is 23.0 Å². The number of pyridine rings is 1. The summed E-state index contributed by atoms with van der Waals surface area (Å²) >= 11 is 0. The molecule has 1 aromatic carbocycles. The molecule has 3 aromatic rings. The van der Waals surface area contributed by atoms with Crippen molar-refractivity contribution in [3.8, 4) is 0 Å². The summed E-state index contributed by atoms with van der Waals surface area (Å²) < 4.78 is 39.6. The van der Waals surface area contributed by atoms with Crippen LogP contribution in [-0.2, 0) is 12.7 Å². The molecule has 0 aliphatic carbocycles. The summed E-state index contributed by atoms with van der Waals surface area (Å²) in [5.74, 6) is -0.334. The highest BCUT2D eigenvalue weighted by Gasteiger charge is 2.29. The number of fused-ring (bicyclic) bond motifs is 1. The molecule has 3 rings (SSSR count). The Morgan fingerprint density at radius 1 is 1.22 bits per heavy atom. The van der Waals surface area contributed by atoms with Crippen LogP contribution in [0.25, 0.3) is 11.0 Å². The lowest BCUT2D eigenvalue weighted by molar-refractivity contribution is -0.137. The number of amides is 1. The molecule has 8 heteroatoms. The molecule has 0 spiro atoms. The number of carbonyl (C=O) groups is 1. The number of nitrogens with zero attached hydrogens (tertiary/aromatic N) is 3. The van der Waals surface area contributed by atoms with Gasteiger partial charge in [-0.05, 0) is 44.5 Å². The lowest BCUT2D eigenvalue weighted by Crippen LogP contribution is -2.24. The number of aryl methyl sites for hydroxylation is 1. The minimum absolute atomic E-state index is 0.125. The van der Waals surface area contributed by atoms with Gasteiger partial charge in [-0.25, -0.2) is 9.67 Å². The highest BCUT2D eigenvalue weighted by atomic mass is 19.4. The molecule has 1 amide bonds. The van der Waals surface area contributed by atoms with Gasteiger partial charge >= 0.3 is 6.18 Å². The number of benzene rings is 1. The SMILES string of the molecule is Cc1nc2c(cnn2C(C)C)cc1C(=O)NCc1ccc(C(F)(F)F)cc1. The van der Waals surface area contributed by atoms with Crippen molar-refractivity contribution in [3.63, 3.8) is 0 Å². The van der Waals surface area contributed by atoms with Gasteiger partial charge < -0.3 is 5.32 Å². The molecule has 142 valence electrons. The molecule has 1 N–H and O–H groups in total. The molecule has 0 unspecified atom stereocenters. The largest absolute Gasteiger partial charge is 0.416 e. The number of hydrogen-bond donors (Lipinski definition) is 1. The van der Waals surface area contributed by atoms with E-state index in [-0.39, 0.29) is 18.5 Å². The number of hydrogen-bond acceptors (Lipinski definition) is 3. The summed E-state index contributed by atoms with van der Waals surface area (Å²) in [6, 6.07) is 6.58. The summed E-state index contributed by atoms with van der Waals surface area (Å²) in [7, 11) is 0. The maximum absolute atomic E-state index is 12.6. The first kappa shape index (κ1) is 18.9. The molecule has 0 radical (unpaired) electrons. The molecule has 0 saturated carbocycles. The van der Waals surface area contributed by atoms with E-state index in [1.54, 1.807) is 23.9 Å². The predicted octanol–water partition coefficient (Wildman–Crippen LogP) is 4.27.